The summed E-state index contributed by atoms with van der Waals surface area (Å²) in [4.78, 5) is 22.8. The number of nitrogens with zero attached hydrogens (tertiary/aromatic N) is 4. The molecule has 25 heavy (non-hydrogen) atoms. The predicted molar refractivity (Wildman–Crippen MR) is 95.6 cm³/mol. The number of rotatable bonds is 4. The molecule has 1 saturated heterocycles. The molecule has 1 unspecified atom stereocenters. The first-order valence-corrected chi connectivity index (χ1v) is 10.2. The molecule has 0 radical (unpaired) electrons. The number of piperidine rings is 1. The average Bonchev–Trinajstić information content (AvgIpc) is 3.07. The second-order valence-corrected chi connectivity index (χ2v) is 8.18. The van der Waals surface area contributed by atoms with Gasteiger partial charge in [0.2, 0.25) is 5.91 Å². The van der Waals surface area contributed by atoms with Crippen molar-refractivity contribution in [2.24, 2.45) is 10.9 Å². The lowest BCUT2D eigenvalue weighted by Crippen LogP contribution is -2.48. The monoisotopic (exact) mass is 364 g/mol. The Morgan fingerprint density at radius 1 is 1.36 bits per heavy atom. The van der Waals surface area contributed by atoms with Crippen LogP contribution in [-0.4, -0.2) is 59.7 Å². The van der Waals surface area contributed by atoms with E-state index in [2.05, 4.69) is 9.98 Å². The van der Waals surface area contributed by atoms with Crippen LogP contribution in [0.1, 0.15) is 37.9 Å². The summed E-state index contributed by atoms with van der Waals surface area (Å²) in [7, 11) is -3.71. The third-order valence-electron chi connectivity index (χ3n) is 4.89. The van der Waals surface area contributed by atoms with E-state index in [1.165, 1.54) is 4.31 Å². The number of carbonyl (C=O) groups is 1. The fraction of sp³-hybridized carbons (Fsp3) is 0.588. The molecule has 2 aliphatic rings. The molecule has 0 aliphatic carbocycles. The van der Waals surface area contributed by atoms with Gasteiger partial charge in [0.05, 0.1) is 18.2 Å². The average molecular weight is 364 g/mol. The highest BCUT2D eigenvalue weighted by Crippen LogP contribution is 2.26. The normalized spacial score (nSPS) is 20.9. The zero-order chi connectivity index (χ0) is 18.0. The van der Waals surface area contributed by atoms with E-state index in [0.29, 0.717) is 43.9 Å². The van der Waals surface area contributed by atoms with Gasteiger partial charge in [0.1, 0.15) is 0 Å². The minimum Gasteiger partial charge on any atom is -0.343 e. The minimum absolute atomic E-state index is 0.0420. The van der Waals surface area contributed by atoms with E-state index in [9.17, 15) is 13.2 Å². The Hall–Kier alpha value is -1.80. The van der Waals surface area contributed by atoms with E-state index in [4.69, 9.17) is 0 Å². The lowest BCUT2D eigenvalue weighted by Gasteiger charge is -2.33. The standard InChI is InChI=1S/C17H24N4O3S/c1-3-20(4-2)17(22)13-7-6-10-21(12-13)25(23,24)16-14-8-5-9-18-15(14)11-19-16/h5,8-9,13H,3-4,6-7,10-12H2,1-2H3. The molecule has 3 heterocycles. The molecule has 0 spiro atoms. The molecule has 1 aromatic heterocycles. The van der Waals surface area contributed by atoms with Crippen LogP contribution in [0.5, 0.6) is 0 Å². The number of sulfonamides is 1. The second kappa shape index (κ2) is 7.21. The van der Waals surface area contributed by atoms with Crippen LogP contribution in [-0.2, 0) is 21.4 Å². The first-order chi connectivity index (χ1) is 12.0. The number of amides is 1. The Balaban J connectivity index is 1.81. The second-order valence-electron chi connectivity index (χ2n) is 6.33. The summed E-state index contributed by atoms with van der Waals surface area (Å²) in [5.74, 6) is -0.237. The third kappa shape index (κ3) is 3.32. The molecule has 8 heteroatoms. The van der Waals surface area contributed by atoms with E-state index < -0.39 is 10.0 Å². The van der Waals surface area contributed by atoms with E-state index in [0.717, 1.165) is 6.42 Å². The summed E-state index contributed by atoms with van der Waals surface area (Å²) in [5.41, 5.74) is 1.27. The Kier molecular flexibility index (Phi) is 5.19. The van der Waals surface area contributed by atoms with Crippen molar-refractivity contribution in [2.75, 3.05) is 26.2 Å². The zero-order valence-electron chi connectivity index (χ0n) is 14.7. The van der Waals surface area contributed by atoms with Gasteiger partial charge in [-0.15, -0.1) is 0 Å². The molecule has 0 saturated carbocycles. The summed E-state index contributed by atoms with van der Waals surface area (Å²) in [6.45, 7) is 6.12. The van der Waals surface area contributed by atoms with Crippen molar-refractivity contribution < 1.29 is 13.2 Å². The van der Waals surface area contributed by atoms with Crippen LogP contribution in [0, 0.1) is 5.92 Å². The first kappa shape index (κ1) is 18.0. The molecule has 0 N–H and O–H groups in total. The summed E-state index contributed by atoms with van der Waals surface area (Å²) >= 11 is 0. The van der Waals surface area contributed by atoms with Crippen molar-refractivity contribution in [2.45, 2.75) is 33.2 Å². The van der Waals surface area contributed by atoms with E-state index in [1.54, 1.807) is 23.2 Å². The number of aromatic nitrogens is 1. The molecule has 3 rings (SSSR count). The molecular formula is C17H24N4O3S. The van der Waals surface area contributed by atoms with Crippen molar-refractivity contribution in [3.05, 3.63) is 29.6 Å². The highest BCUT2D eigenvalue weighted by molar-refractivity contribution is 8.05. The Labute approximate surface area is 148 Å². The van der Waals surface area contributed by atoms with Gasteiger partial charge in [-0.05, 0) is 38.8 Å². The lowest BCUT2D eigenvalue weighted by atomic mass is 9.98. The van der Waals surface area contributed by atoms with Gasteiger partial charge in [0.25, 0.3) is 10.0 Å². The summed E-state index contributed by atoms with van der Waals surface area (Å²) in [5, 5.41) is 0.0894. The summed E-state index contributed by atoms with van der Waals surface area (Å²) < 4.78 is 27.6. The van der Waals surface area contributed by atoms with Crippen LogP contribution in [0.3, 0.4) is 0 Å². The van der Waals surface area contributed by atoms with Gasteiger partial charge in [-0.2, -0.15) is 4.31 Å². The Bertz CT molecular complexity index is 787. The van der Waals surface area contributed by atoms with Gasteiger partial charge in [-0.1, -0.05) is 0 Å². The smallest absolute Gasteiger partial charge is 0.260 e. The number of aliphatic imine (C=N–C) groups is 1. The number of hydrogen-bond donors (Lipinski definition) is 0. The van der Waals surface area contributed by atoms with Crippen molar-refractivity contribution >= 4 is 21.0 Å². The number of pyridine rings is 1. The van der Waals surface area contributed by atoms with Gasteiger partial charge in [0.15, 0.2) is 5.04 Å². The lowest BCUT2D eigenvalue weighted by molar-refractivity contribution is -0.136. The van der Waals surface area contributed by atoms with Crippen molar-refractivity contribution in [1.29, 1.82) is 0 Å². The highest BCUT2D eigenvalue weighted by Gasteiger charge is 2.38. The maximum absolute atomic E-state index is 13.1. The molecule has 136 valence electrons. The zero-order valence-corrected chi connectivity index (χ0v) is 15.5. The fourth-order valence-electron chi connectivity index (χ4n) is 3.49. The molecule has 1 fully saturated rings. The molecular weight excluding hydrogens is 340 g/mol. The van der Waals surface area contributed by atoms with Crippen LogP contribution in [0.4, 0.5) is 0 Å². The number of carbonyl (C=O) groups excluding carboxylic acids is 1. The summed E-state index contributed by atoms with van der Waals surface area (Å²) in [6, 6.07) is 3.46. The van der Waals surface area contributed by atoms with Gasteiger partial charge in [0, 0.05) is 37.9 Å². The van der Waals surface area contributed by atoms with E-state index >= 15 is 0 Å². The van der Waals surface area contributed by atoms with Crippen molar-refractivity contribution in [1.82, 2.24) is 14.2 Å². The third-order valence-corrected chi connectivity index (χ3v) is 6.73. The van der Waals surface area contributed by atoms with Gasteiger partial charge >= 0.3 is 0 Å². The largest absolute Gasteiger partial charge is 0.343 e. The predicted octanol–water partition coefficient (Wildman–Crippen LogP) is 1.25. The number of fused-ring (bicyclic) bond motifs is 1. The SMILES string of the molecule is CCN(CC)C(=O)C1CCCN(S(=O)(=O)C2=NCc3ncccc32)C1. The van der Waals surface area contributed by atoms with Crippen LogP contribution in [0.25, 0.3) is 0 Å². The molecule has 7 nitrogen and oxygen atoms in total. The van der Waals surface area contributed by atoms with Gasteiger partial charge < -0.3 is 4.90 Å². The number of hydrogen-bond acceptors (Lipinski definition) is 5. The quantitative estimate of drug-likeness (QED) is 0.805. The first-order valence-electron chi connectivity index (χ1n) is 8.76. The molecule has 0 aromatic carbocycles. The highest BCUT2D eigenvalue weighted by atomic mass is 32.2. The topological polar surface area (TPSA) is 82.9 Å². The molecule has 1 amide bonds. The van der Waals surface area contributed by atoms with E-state index in [1.807, 2.05) is 13.8 Å². The van der Waals surface area contributed by atoms with E-state index in [-0.39, 0.29) is 23.4 Å². The van der Waals surface area contributed by atoms with Crippen LogP contribution >= 0.6 is 0 Å². The van der Waals surface area contributed by atoms with Crippen LogP contribution < -0.4 is 0 Å². The molecule has 2 aliphatic heterocycles. The van der Waals surface area contributed by atoms with Gasteiger partial charge in [-0.25, -0.2) is 8.42 Å². The summed E-state index contributed by atoms with van der Waals surface area (Å²) in [6.07, 6.45) is 3.06. The van der Waals surface area contributed by atoms with Crippen LogP contribution in [0.2, 0.25) is 0 Å². The Morgan fingerprint density at radius 3 is 2.84 bits per heavy atom. The minimum atomic E-state index is -3.71. The molecule has 1 aromatic rings. The molecule has 0 bridgehead atoms. The fourth-order valence-corrected chi connectivity index (χ4v) is 5.17. The Morgan fingerprint density at radius 2 is 2.12 bits per heavy atom. The van der Waals surface area contributed by atoms with Crippen LogP contribution in [0.15, 0.2) is 23.3 Å². The van der Waals surface area contributed by atoms with Crippen molar-refractivity contribution in [3.8, 4) is 0 Å². The maximum Gasteiger partial charge on any atom is 0.260 e. The van der Waals surface area contributed by atoms with Gasteiger partial charge in [-0.3, -0.25) is 14.8 Å². The maximum atomic E-state index is 13.1. The van der Waals surface area contributed by atoms with Crippen molar-refractivity contribution in [3.63, 3.8) is 0 Å². The molecule has 1 atom stereocenters.